The molecule has 120 valence electrons. The Morgan fingerprint density at radius 1 is 1.17 bits per heavy atom. The summed E-state index contributed by atoms with van der Waals surface area (Å²) in [6.45, 7) is 5.13. The van der Waals surface area contributed by atoms with Crippen LogP contribution in [-0.2, 0) is 6.54 Å². The maximum absolute atomic E-state index is 4.83. The van der Waals surface area contributed by atoms with E-state index in [1.54, 1.807) is 0 Å². The van der Waals surface area contributed by atoms with E-state index in [2.05, 4.69) is 45.4 Å². The SMILES string of the molecule is Cc1ccn(CCN2CCCCC2c2nc3ccccc3[nH]2)n1. The van der Waals surface area contributed by atoms with Crippen LogP contribution in [0.3, 0.4) is 0 Å². The Morgan fingerprint density at radius 2 is 2.09 bits per heavy atom. The number of fused-ring (bicyclic) bond motifs is 1. The van der Waals surface area contributed by atoms with Crippen LogP contribution < -0.4 is 0 Å². The minimum Gasteiger partial charge on any atom is -0.341 e. The van der Waals surface area contributed by atoms with Crippen molar-refractivity contribution >= 4 is 11.0 Å². The Hall–Kier alpha value is -2.14. The Morgan fingerprint density at radius 3 is 2.91 bits per heavy atom. The van der Waals surface area contributed by atoms with Crippen molar-refractivity contribution in [3.8, 4) is 0 Å². The maximum Gasteiger partial charge on any atom is 0.124 e. The molecule has 2 aromatic heterocycles. The smallest absolute Gasteiger partial charge is 0.124 e. The Bertz CT molecular complexity index is 754. The van der Waals surface area contributed by atoms with Gasteiger partial charge in [-0.05, 0) is 44.5 Å². The van der Waals surface area contributed by atoms with E-state index in [0.29, 0.717) is 6.04 Å². The highest BCUT2D eigenvalue weighted by molar-refractivity contribution is 5.74. The molecule has 4 rings (SSSR count). The predicted molar refractivity (Wildman–Crippen MR) is 91.2 cm³/mol. The van der Waals surface area contributed by atoms with E-state index in [9.17, 15) is 0 Å². The molecule has 0 aliphatic carbocycles. The molecule has 5 heteroatoms. The molecular formula is C18H23N5. The van der Waals surface area contributed by atoms with Gasteiger partial charge in [-0.3, -0.25) is 9.58 Å². The minimum atomic E-state index is 0.396. The lowest BCUT2D eigenvalue weighted by Crippen LogP contribution is -2.36. The molecule has 1 N–H and O–H groups in total. The summed E-state index contributed by atoms with van der Waals surface area (Å²) in [6, 6.07) is 10.7. The lowest BCUT2D eigenvalue weighted by molar-refractivity contribution is 0.136. The summed E-state index contributed by atoms with van der Waals surface area (Å²) in [4.78, 5) is 10.9. The summed E-state index contributed by atoms with van der Waals surface area (Å²) >= 11 is 0. The van der Waals surface area contributed by atoms with E-state index in [4.69, 9.17) is 4.98 Å². The molecule has 1 aromatic carbocycles. The Labute approximate surface area is 136 Å². The summed E-state index contributed by atoms with van der Waals surface area (Å²) < 4.78 is 2.04. The molecule has 3 heterocycles. The van der Waals surface area contributed by atoms with Crippen molar-refractivity contribution in [3.05, 3.63) is 48.0 Å². The van der Waals surface area contributed by atoms with Crippen LogP contribution in [0.4, 0.5) is 0 Å². The molecule has 23 heavy (non-hydrogen) atoms. The van der Waals surface area contributed by atoms with Gasteiger partial charge >= 0.3 is 0 Å². The number of aryl methyl sites for hydroxylation is 1. The second-order valence-electron chi connectivity index (χ2n) is 6.41. The Kier molecular flexibility index (Phi) is 3.87. The number of piperidine rings is 1. The first-order valence-electron chi connectivity index (χ1n) is 8.48. The highest BCUT2D eigenvalue weighted by Crippen LogP contribution is 2.30. The van der Waals surface area contributed by atoms with Crippen LogP contribution in [0.15, 0.2) is 36.5 Å². The molecule has 0 amide bonds. The molecule has 0 spiro atoms. The number of likely N-dealkylation sites (tertiary alicyclic amines) is 1. The van der Waals surface area contributed by atoms with Gasteiger partial charge < -0.3 is 4.98 Å². The standard InChI is InChI=1S/C18H23N5/c1-14-9-11-23(21-14)13-12-22-10-5-4-8-17(22)18-19-15-6-2-3-7-16(15)20-18/h2-3,6-7,9,11,17H,4-5,8,10,12-13H2,1H3,(H,19,20). The van der Waals surface area contributed by atoms with E-state index in [0.717, 1.165) is 42.2 Å². The lowest BCUT2D eigenvalue weighted by Gasteiger charge is -2.34. The number of nitrogens with zero attached hydrogens (tertiary/aromatic N) is 4. The normalized spacial score (nSPS) is 19.4. The average molecular weight is 309 g/mol. The van der Waals surface area contributed by atoms with Crippen LogP contribution in [0.1, 0.15) is 36.8 Å². The third kappa shape index (κ3) is 3.01. The van der Waals surface area contributed by atoms with Crippen molar-refractivity contribution in [1.29, 1.82) is 0 Å². The largest absolute Gasteiger partial charge is 0.341 e. The summed E-state index contributed by atoms with van der Waals surface area (Å²) in [5, 5.41) is 4.49. The van der Waals surface area contributed by atoms with Crippen LogP contribution in [0.5, 0.6) is 0 Å². The number of rotatable bonds is 4. The van der Waals surface area contributed by atoms with Crippen LogP contribution in [0.2, 0.25) is 0 Å². The van der Waals surface area contributed by atoms with Gasteiger partial charge in [-0.2, -0.15) is 5.10 Å². The van der Waals surface area contributed by atoms with Crippen molar-refractivity contribution in [2.75, 3.05) is 13.1 Å². The number of nitrogens with one attached hydrogen (secondary N) is 1. The molecule has 1 fully saturated rings. The zero-order valence-electron chi connectivity index (χ0n) is 13.6. The first kappa shape index (κ1) is 14.5. The first-order valence-corrected chi connectivity index (χ1v) is 8.48. The fourth-order valence-electron chi connectivity index (χ4n) is 3.52. The van der Waals surface area contributed by atoms with Gasteiger partial charge in [0.2, 0.25) is 0 Å². The molecule has 1 aliphatic rings. The van der Waals surface area contributed by atoms with Crippen LogP contribution >= 0.6 is 0 Å². The van der Waals surface area contributed by atoms with Crippen molar-refractivity contribution in [2.45, 2.75) is 38.8 Å². The highest BCUT2D eigenvalue weighted by Gasteiger charge is 2.26. The summed E-state index contributed by atoms with van der Waals surface area (Å²) in [5.41, 5.74) is 3.28. The van der Waals surface area contributed by atoms with Crippen molar-refractivity contribution < 1.29 is 0 Å². The van der Waals surface area contributed by atoms with Crippen LogP contribution in [0, 0.1) is 6.92 Å². The van der Waals surface area contributed by atoms with E-state index >= 15 is 0 Å². The minimum absolute atomic E-state index is 0.396. The fourth-order valence-corrected chi connectivity index (χ4v) is 3.52. The van der Waals surface area contributed by atoms with E-state index in [1.165, 1.54) is 19.3 Å². The molecule has 1 saturated heterocycles. The quantitative estimate of drug-likeness (QED) is 0.804. The van der Waals surface area contributed by atoms with E-state index < -0.39 is 0 Å². The van der Waals surface area contributed by atoms with Crippen LogP contribution in [-0.4, -0.2) is 37.7 Å². The number of imidazole rings is 1. The maximum atomic E-state index is 4.83. The van der Waals surface area contributed by atoms with Crippen molar-refractivity contribution in [1.82, 2.24) is 24.6 Å². The fraction of sp³-hybridized carbons (Fsp3) is 0.444. The Balaban J connectivity index is 1.52. The van der Waals surface area contributed by atoms with E-state index in [-0.39, 0.29) is 0 Å². The molecule has 5 nitrogen and oxygen atoms in total. The summed E-state index contributed by atoms with van der Waals surface area (Å²) in [6.07, 6.45) is 5.79. The molecule has 0 saturated carbocycles. The van der Waals surface area contributed by atoms with Gasteiger partial charge in [-0.1, -0.05) is 18.6 Å². The third-order valence-electron chi connectivity index (χ3n) is 4.73. The van der Waals surface area contributed by atoms with Crippen molar-refractivity contribution in [3.63, 3.8) is 0 Å². The molecular weight excluding hydrogens is 286 g/mol. The van der Waals surface area contributed by atoms with E-state index in [1.807, 2.05) is 17.7 Å². The first-order chi connectivity index (χ1) is 11.3. The van der Waals surface area contributed by atoms with Crippen molar-refractivity contribution in [2.24, 2.45) is 0 Å². The summed E-state index contributed by atoms with van der Waals surface area (Å²) in [7, 11) is 0. The second-order valence-corrected chi connectivity index (χ2v) is 6.41. The topological polar surface area (TPSA) is 49.7 Å². The average Bonchev–Trinajstić information content (AvgIpc) is 3.19. The number of benzene rings is 1. The summed E-state index contributed by atoms with van der Waals surface area (Å²) in [5.74, 6) is 1.11. The third-order valence-corrected chi connectivity index (χ3v) is 4.73. The number of hydrogen-bond acceptors (Lipinski definition) is 3. The molecule has 1 aliphatic heterocycles. The zero-order chi connectivity index (χ0) is 15.6. The number of H-pyrrole nitrogens is 1. The van der Waals surface area contributed by atoms with Gasteiger partial charge in [-0.25, -0.2) is 4.98 Å². The number of aromatic amines is 1. The number of hydrogen-bond donors (Lipinski definition) is 1. The lowest BCUT2D eigenvalue weighted by atomic mass is 10.0. The van der Waals surface area contributed by atoms with Gasteiger partial charge in [0, 0.05) is 12.7 Å². The number of para-hydroxylation sites is 2. The predicted octanol–water partition coefficient (Wildman–Crippen LogP) is 3.30. The number of aromatic nitrogens is 4. The van der Waals surface area contributed by atoms with Gasteiger partial charge in [0.25, 0.3) is 0 Å². The second kappa shape index (κ2) is 6.16. The molecule has 1 unspecified atom stereocenters. The molecule has 3 aromatic rings. The monoisotopic (exact) mass is 309 g/mol. The zero-order valence-corrected chi connectivity index (χ0v) is 13.6. The molecule has 0 bridgehead atoms. The van der Waals surface area contributed by atoms with Gasteiger partial charge in [0.05, 0.1) is 29.3 Å². The van der Waals surface area contributed by atoms with Crippen LogP contribution in [0.25, 0.3) is 11.0 Å². The molecule has 1 atom stereocenters. The van der Waals surface area contributed by atoms with Gasteiger partial charge in [0.15, 0.2) is 0 Å². The molecule has 0 radical (unpaired) electrons. The highest BCUT2D eigenvalue weighted by atomic mass is 15.3. The van der Waals surface area contributed by atoms with Gasteiger partial charge in [-0.15, -0.1) is 0 Å². The van der Waals surface area contributed by atoms with Gasteiger partial charge in [0.1, 0.15) is 5.82 Å².